The lowest BCUT2D eigenvalue weighted by molar-refractivity contribution is -0.139. The Morgan fingerprint density at radius 1 is 1.16 bits per heavy atom. The summed E-state index contributed by atoms with van der Waals surface area (Å²) >= 11 is 0. The molecule has 1 saturated heterocycles. The van der Waals surface area contributed by atoms with E-state index in [9.17, 15) is 22.8 Å². The van der Waals surface area contributed by atoms with Crippen molar-refractivity contribution in [2.24, 2.45) is 0 Å². The van der Waals surface area contributed by atoms with Crippen molar-refractivity contribution in [1.29, 1.82) is 0 Å². The van der Waals surface area contributed by atoms with Gasteiger partial charge in [-0.05, 0) is 75.6 Å². The smallest absolute Gasteiger partial charge is 0.423 e. The number of likely N-dealkylation sites (tertiary alicyclic amines) is 1. The van der Waals surface area contributed by atoms with E-state index in [0.717, 1.165) is 12.8 Å². The Bertz CT molecular complexity index is 1690. The van der Waals surface area contributed by atoms with E-state index in [0.29, 0.717) is 37.7 Å². The normalized spacial score (nSPS) is 19.3. The number of halogens is 3. The van der Waals surface area contributed by atoms with E-state index in [4.69, 9.17) is 13.6 Å². The SMILES string of the molecule is [2H]C([2H])([2H])N1CCC(NC(=O)c2ccc(Nc3ncc(C(F)(F)F)c(Oc4cccc5c4C(=O)N(C)C54CC4)n3)c(OC)c2)CC1. The number of carbonyl (C=O) groups is 2. The van der Waals surface area contributed by atoms with Crippen LogP contribution in [0.5, 0.6) is 17.4 Å². The van der Waals surface area contributed by atoms with Crippen LogP contribution in [0.1, 0.15) is 61.6 Å². The lowest BCUT2D eigenvalue weighted by Crippen LogP contribution is -2.43. The molecule has 3 heterocycles. The molecule has 2 aliphatic heterocycles. The zero-order chi connectivity index (χ0) is 33.0. The van der Waals surface area contributed by atoms with Crippen LogP contribution in [0.15, 0.2) is 42.6 Å². The number of piperidine rings is 1. The van der Waals surface area contributed by atoms with Crippen LogP contribution < -0.4 is 20.1 Å². The molecule has 43 heavy (non-hydrogen) atoms. The number of hydrogen-bond donors (Lipinski definition) is 2. The molecule has 2 N–H and O–H groups in total. The Morgan fingerprint density at radius 3 is 2.60 bits per heavy atom. The van der Waals surface area contributed by atoms with Gasteiger partial charge >= 0.3 is 6.18 Å². The van der Waals surface area contributed by atoms with Crippen LogP contribution in [0, 0.1) is 0 Å². The van der Waals surface area contributed by atoms with E-state index in [-0.39, 0.29) is 52.1 Å². The van der Waals surface area contributed by atoms with Crippen molar-refractivity contribution < 1.29 is 36.3 Å². The maximum atomic E-state index is 14.0. The summed E-state index contributed by atoms with van der Waals surface area (Å²) in [5.41, 5.74) is -0.217. The van der Waals surface area contributed by atoms with Gasteiger partial charge in [0.05, 0.1) is 23.9 Å². The number of benzene rings is 2. The van der Waals surface area contributed by atoms with Crippen molar-refractivity contribution in [3.8, 4) is 17.4 Å². The van der Waals surface area contributed by atoms with Crippen LogP contribution in [0.2, 0.25) is 0 Å². The van der Waals surface area contributed by atoms with Crippen LogP contribution in [0.4, 0.5) is 24.8 Å². The fraction of sp³-hybridized carbons (Fsp3) is 0.400. The highest BCUT2D eigenvalue weighted by Gasteiger charge is 2.57. The molecule has 2 amide bonds. The highest BCUT2D eigenvalue weighted by Crippen LogP contribution is 2.57. The molecule has 226 valence electrons. The van der Waals surface area contributed by atoms with Crippen molar-refractivity contribution in [3.05, 3.63) is 64.8 Å². The van der Waals surface area contributed by atoms with Gasteiger partial charge in [-0.3, -0.25) is 9.59 Å². The number of alkyl halides is 3. The summed E-state index contributed by atoms with van der Waals surface area (Å²) in [5.74, 6) is -1.59. The number of nitrogens with one attached hydrogen (secondary N) is 2. The van der Waals surface area contributed by atoms with E-state index in [1.54, 1.807) is 24.1 Å². The van der Waals surface area contributed by atoms with Gasteiger partial charge in [-0.25, -0.2) is 4.98 Å². The molecule has 3 aliphatic rings. The van der Waals surface area contributed by atoms with Crippen molar-refractivity contribution in [3.63, 3.8) is 0 Å². The van der Waals surface area contributed by atoms with E-state index >= 15 is 0 Å². The minimum absolute atomic E-state index is 0.0368. The molecule has 1 spiro atoms. The van der Waals surface area contributed by atoms with E-state index < -0.39 is 30.1 Å². The van der Waals surface area contributed by atoms with Gasteiger partial charge in [0.1, 0.15) is 17.1 Å². The molecule has 1 aromatic heterocycles. The topological polar surface area (TPSA) is 109 Å². The van der Waals surface area contributed by atoms with Crippen LogP contribution >= 0.6 is 0 Å². The molecule has 6 rings (SSSR count). The van der Waals surface area contributed by atoms with E-state index in [1.165, 1.54) is 36.3 Å². The zero-order valence-electron chi connectivity index (χ0n) is 26.4. The van der Waals surface area contributed by atoms with Crippen LogP contribution in [0.25, 0.3) is 0 Å². The first-order valence-corrected chi connectivity index (χ1v) is 13.8. The van der Waals surface area contributed by atoms with Crippen molar-refractivity contribution in [1.82, 2.24) is 25.1 Å². The molecular formula is C30H31F3N6O4. The quantitative estimate of drug-likeness (QED) is 0.393. The maximum Gasteiger partial charge on any atom is 0.423 e. The standard InChI is InChI=1S/C30H31F3N6O4/c1-38-13-9-18(10-14-38)35-25(40)17-7-8-21(23(15-17)42-3)36-28-34-16-20(30(31,32)33)26(37-28)43-22-6-4-5-19-24(22)27(41)39(2)29(19)11-12-29/h4-8,15-16,18H,9-14H2,1-3H3,(H,35,40)(H,34,36,37)/i1D3. The average Bonchev–Trinajstić information content (AvgIpc) is 3.78. The van der Waals surface area contributed by atoms with Gasteiger partial charge in [0.15, 0.2) is 0 Å². The van der Waals surface area contributed by atoms with Crippen LogP contribution in [-0.4, -0.2) is 71.8 Å². The number of fused-ring (bicyclic) bond motifs is 2. The van der Waals surface area contributed by atoms with Gasteiger partial charge in [0, 0.05) is 29.0 Å². The Morgan fingerprint density at radius 2 is 1.93 bits per heavy atom. The third-order valence-corrected chi connectivity index (χ3v) is 8.22. The molecule has 2 aromatic carbocycles. The van der Waals surface area contributed by atoms with Gasteiger partial charge in [0.25, 0.3) is 11.8 Å². The first-order chi connectivity index (χ1) is 21.7. The lowest BCUT2D eigenvalue weighted by Gasteiger charge is -2.29. The predicted octanol–water partition coefficient (Wildman–Crippen LogP) is 4.94. The zero-order valence-corrected chi connectivity index (χ0v) is 23.4. The maximum absolute atomic E-state index is 14.0. The highest BCUT2D eigenvalue weighted by molar-refractivity contribution is 6.03. The second-order valence-electron chi connectivity index (χ2n) is 10.9. The molecule has 0 radical (unpaired) electrons. The molecule has 0 unspecified atom stereocenters. The first kappa shape index (κ1) is 25.1. The number of hydrogen-bond acceptors (Lipinski definition) is 8. The molecule has 13 heteroatoms. The average molecular weight is 600 g/mol. The summed E-state index contributed by atoms with van der Waals surface area (Å²) in [6.45, 7) is -1.52. The summed E-state index contributed by atoms with van der Waals surface area (Å²) in [5, 5.41) is 5.74. The molecule has 2 fully saturated rings. The summed E-state index contributed by atoms with van der Waals surface area (Å²) in [4.78, 5) is 36.9. The van der Waals surface area contributed by atoms with Gasteiger partial charge < -0.3 is 29.9 Å². The van der Waals surface area contributed by atoms with Crippen LogP contribution in [0.3, 0.4) is 0 Å². The summed E-state index contributed by atoms with van der Waals surface area (Å²) < 4.78 is 75.8. The molecular weight excluding hydrogens is 565 g/mol. The fourth-order valence-corrected chi connectivity index (χ4v) is 5.64. The van der Waals surface area contributed by atoms with Crippen molar-refractivity contribution >= 4 is 23.5 Å². The number of nitrogens with zero attached hydrogens (tertiary/aromatic N) is 4. The second-order valence-corrected chi connectivity index (χ2v) is 10.9. The number of amides is 2. The molecule has 1 aliphatic carbocycles. The number of ether oxygens (including phenoxy) is 2. The number of methoxy groups -OCH3 is 1. The number of anilines is 2. The molecule has 0 atom stereocenters. The Hall–Kier alpha value is -4.39. The minimum atomic E-state index is -4.85. The summed E-state index contributed by atoms with van der Waals surface area (Å²) in [6.07, 6.45) is -1.77. The van der Waals surface area contributed by atoms with E-state index in [1.807, 2.05) is 0 Å². The summed E-state index contributed by atoms with van der Waals surface area (Å²) in [6, 6.07) is 9.11. The molecule has 3 aromatic rings. The minimum Gasteiger partial charge on any atom is -0.495 e. The lowest BCUT2D eigenvalue weighted by atomic mass is 10.0. The third kappa shape index (κ3) is 5.33. The largest absolute Gasteiger partial charge is 0.495 e. The van der Waals surface area contributed by atoms with E-state index in [2.05, 4.69) is 20.6 Å². The number of rotatable bonds is 7. The highest BCUT2D eigenvalue weighted by atomic mass is 19.4. The Kier molecular flexibility index (Phi) is 6.26. The second kappa shape index (κ2) is 10.7. The van der Waals surface area contributed by atoms with Gasteiger partial charge in [0.2, 0.25) is 11.8 Å². The Labute approximate surface area is 250 Å². The van der Waals surface area contributed by atoms with Crippen LogP contribution in [-0.2, 0) is 11.7 Å². The van der Waals surface area contributed by atoms with Gasteiger partial charge in [-0.1, -0.05) is 12.1 Å². The molecule has 1 saturated carbocycles. The van der Waals surface area contributed by atoms with Gasteiger partial charge in [-0.2, -0.15) is 18.2 Å². The first-order valence-electron chi connectivity index (χ1n) is 15.3. The number of aromatic nitrogens is 2. The van der Waals surface area contributed by atoms with Crippen molar-refractivity contribution in [2.45, 2.75) is 43.4 Å². The number of carbonyl (C=O) groups excluding carboxylic acids is 2. The van der Waals surface area contributed by atoms with Gasteiger partial charge in [-0.15, -0.1) is 0 Å². The summed E-state index contributed by atoms with van der Waals surface area (Å²) in [7, 11) is 3.03. The Balaban J connectivity index is 1.21. The molecule has 10 nitrogen and oxygen atoms in total. The van der Waals surface area contributed by atoms with Crippen molar-refractivity contribution in [2.75, 3.05) is 39.5 Å². The predicted molar refractivity (Wildman–Crippen MR) is 151 cm³/mol. The third-order valence-electron chi connectivity index (χ3n) is 8.22. The monoisotopic (exact) mass is 599 g/mol. The fourth-order valence-electron chi connectivity index (χ4n) is 5.64. The molecule has 0 bridgehead atoms.